The summed E-state index contributed by atoms with van der Waals surface area (Å²) >= 11 is 0. The third-order valence-electron chi connectivity index (χ3n) is 10.3. The Morgan fingerprint density at radius 1 is 1.24 bits per heavy atom. The van der Waals surface area contributed by atoms with Crippen molar-refractivity contribution in [2.45, 2.75) is 103 Å². The average molecular weight is 527 g/mol. The standard InChI is InChI=1S/C31H42O7/c1-7-36-27(34)19(3)10-8-9-18(2)26-22(32)15-21-20-11-12-23-28(4,5)37-24-16-25(33)38-31(23,24)17-30(20,35)14-13-29(21,26)6/h8-10,15,18,20,23-24,26,35H,7,11-14,16-17H2,1-6H3/b9-8+,19-10-/t18-,20+,23+,24-,26-,29+,30+,31-/m1/s1. The van der Waals surface area contributed by atoms with Crippen LogP contribution in [0.4, 0.5) is 0 Å². The van der Waals surface area contributed by atoms with E-state index in [1.165, 1.54) is 0 Å². The van der Waals surface area contributed by atoms with Crippen LogP contribution >= 0.6 is 0 Å². The third kappa shape index (κ3) is 4.03. The fraction of sp³-hybridized carbons (Fsp3) is 0.710. The minimum atomic E-state index is -1.06. The lowest BCUT2D eigenvalue weighted by atomic mass is 9.55. The first-order valence-corrected chi connectivity index (χ1v) is 14.2. The number of aliphatic hydroxyl groups is 1. The molecule has 4 fully saturated rings. The molecule has 0 amide bonds. The molecule has 0 radical (unpaired) electrons. The Labute approximate surface area is 225 Å². The number of hydrogen-bond acceptors (Lipinski definition) is 7. The normalized spacial score (nSPS) is 42.5. The van der Waals surface area contributed by atoms with Crippen LogP contribution in [0.5, 0.6) is 0 Å². The molecule has 8 atom stereocenters. The lowest BCUT2D eigenvalue weighted by molar-refractivity contribution is -0.162. The van der Waals surface area contributed by atoms with Crippen LogP contribution in [0.15, 0.2) is 35.5 Å². The van der Waals surface area contributed by atoms with Crippen molar-refractivity contribution in [1.29, 1.82) is 0 Å². The second kappa shape index (κ2) is 9.16. The van der Waals surface area contributed by atoms with Gasteiger partial charge in [0.05, 0.1) is 24.2 Å². The second-order valence-electron chi connectivity index (χ2n) is 13.0. The number of ketones is 1. The van der Waals surface area contributed by atoms with Crippen molar-refractivity contribution in [2.75, 3.05) is 6.61 Å². The molecular formula is C31H42O7. The van der Waals surface area contributed by atoms with Gasteiger partial charge in [0.1, 0.15) is 11.7 Å². The topological polar surface area (TPSA) is 99.1 Å². The number of rotatable bonds is 5. The molecule has 2 saturated carbocycles. The molecule has 0 aromatic rings. The Bertz CT molecular complexity index is 1130. The smallest absolute Gasteiger partial charge is 0.333 e. The molecule has 1 N–H and O–H groups in total. The molecule has 3 aliphatic carbocycles. The largest absolute Gasteiger partial charge is 0.463 e. The molecular weight excluding hydrogens is 484 g/mol. The lowest BCUT2D eigenvalue weighted by Gasteiger charge is -2.51. The van der Waals surface area contributed by atoms with E-state index < -0.39 is 16.8 Å². The predicted molar refractivity (Wildman–Crippen MR) is 141 cm³/mol. The first-order valence-electron chi connectivity index (χ1n) is 14.2. The summed E-state index contributed by atoms with van der Waals surface area (Å²) in [6.45, 7) is 12.2. The van der Waals surface area contributed by atoms with Crippen LogP contribution in [0.2, 0.25) is 0 Å². The van der Waals surface area contributed by atoms with E-state index in [0.717, 1.165) is 18.4 Å². The zero-order chi connectivity index (χ0) is 27.7. The Kier molecular flexibility index (Phi) is 6.58. The number of hydrogen-bond donors (Lipinski definition) is 1. The number of allylic oxidation sites excluding steroid dienone is 4. The highest BCUT2D eigenvalue weighted by Gasteiger charge is 2.71. The maximum Gasteiger partial charge on any atom is 0.333 e. The van der Waals surface area contributed by atoms with E-state index in [2.05, 4.69) is 20.8 Å². The van der Waals surface area contributed by atoms with Gasteiger partial charge in [-0.15, -0.1) is 0 Å². The van der Waals surface area contributed by atoms with Crippen LogP contribution in [0.1, 0.15) is 80.1 Å². The summed E-state index contributed by atoms with van der Waals surface area (Å²) in [6.07, 6.45) is 10.4. The molecule has 5 rings (SSSR count). The molecule has 5 aliphatic rings. The summed E-state index contributed by atoms with van der Waals surface area (Å²) in [6, 6.07) is 0. The van der Waals surface area contributed by atoms with Crippen molar-refractivity contribution in [1.82, 2.24) is 0 Å². The maximum absolute atomic E-state index is 13.5. The first-order chi connectivity index (χ1) is 17.8. The summed E-state index contributed by atoms with van der Waals surface area (Å²) in [4.78, 5) is 37.8. The van der Waals surface area contributed by atoms with E-state index in [4.69, 9.17) is 14.2 Å². The van der Waals surface area contributed by atoms with Crippen LogP contribution in [0.25, 0.3) is 0 Å². The highest BCUT2D eigenvalue weighted by molar-refractivity contribution is 5.97. The molecule has 38 heavy (non-hydrogen) atoms. The van der Waals surface area contributed by atoms with Crippen molar-refractivity contribution < 1.29 is 33.7 Å². The molecule has 208 valence electrons. The molecule has 0 aromatic heterocycles. The number of ether oxygens (including phenoxy) is 3. The van der Waals surface area contributed by atoms with Crippen LogP contribution < -0.4 is 0 Å². The predicted octanol–water partition coefficient (Wildman–Crippen LogP) is 4.62. The van der Waals surface area contributed by atoms with Gasteiger partial charge in [-0.2, -0.15) is 0 Å². The molecule has 7 heteroatoms. The van der Waals surface area contributed by atoms with Gasteiger partial charge in [-0.05, 0) is 70.8 Å². The van der Waals surface area contributed by atoms with Gasteiger partial charge in [-0.3, -0.25) is 9.59 Å². The number of fused-ring (bicyclic) bond motifs is 3. The molecule has 0 bridgehead atoms. The van der Waals surface area contributed by atoms with Crippen molar-refractivity contribution in [3.63, 3.8) is 0 Å². The molecule has 0 aromatic carbocycles. The number of esters is 2. The monoisotopic (exact) mass is 526 g/mol. The quantitative estimate of drug-likeness (QED) is 0.317. The SMILES string of the molecule is CCOC(=O)/C(C)=C\C=C\[C@@H](C)[C@@H]1C(=O)C=C2[C@@H]3CC[C@H]4C(C)(C)O[C@@H]5CC(=O)O[C@@]54C[C@@]3(O)CC[C@@]21C. The Morgan fingerprint density at radius 3 is 2.68 bits per heavy atom. The Hall–Kier alpha value is -2.25. The van der Waals surface area contributed by atoms with Gasteiger partial charge in [0.25, 0.3) is 0 Å². The molecule has 1 spiro atoms. The molecule has 7 nitrogen and oxygen atoms in total. The molecule has 2 saturated heterocycles. The van der Waals surface area contributed by atoms with Crippen molar-refractivity contribution >= 4 is 17.7 Å². The van der Waals surface area contributed by atoms with E-state index in [-0.39, 0.29) is 59.3 Å². The van der Waals surface area contributed by atoms with Gasteiger partial charge >= 0.3 is 11.9 Å². The molecule has 0 unspecified atom stereocenters. The van der Waals surface area contributed by atoms with Gasteiger partial charge in [-0.1, -0.05) is 37.6 Å². The lowest BCUT2D eigenvalue weighted by Crippen LogP contribution is -2.54. The number of carbonyl (C=O) groups excluding carboxylic acids is 3. The highest BCUT2D eigenvalue weighted by Crippen LogP contribution is 2.65. The van der Waals surface area contributed by atoms with Gasteiger partial charge in [-0.25, -0.2) is 4.79 Å². The van der Waals surface area contributed by atoms with E-state index in [1.54, 1.807) is 19.9 Å². The molecule has 2 aliphatic heterocycles. The Balaban J connectivity index is 1.41. The molecule has 2 heterocycles. The fourth-order valence-electron chi connectivity index (χ4n) is 8.71. The summed E-state index contributed by atoms with van der Waals surface area (Å²) < 4.78 is 17.5. The van der Waals surface area contributed by atoms with Gasteiger partial charge in [0.15, 0.2) is 5.78 Å². The summed E-state index contributed by atoms with van der Waals surface area (Å²) in [5, 5.41) is 12.2. The van der Waals surface area contributed by atoms with Crippen LogP contribution in [0, 0.1) is 29.1 Å². The fourth-order valence-corrected chi connectivity index (χ4v) is 8.71. The maximum atomic E-state index is 13.5. The Morgan fingerprint density at radius 2 is 1.97 bits per heavy atom. The summed E-state index contributed by atoms with van der Waals surface area (Å²) in [5.41, 5.74) is -1.10. The number of carbonyl (C=O) groups is 3. The van der Waals surface area contributed by atoms with Crippen LogP contribution in [-0.4, -0.2) is 52.3 Å². The zero-order valence-electron chi connectivity index (χ0n) is 23.5. The highest BCUT2D eigenvalue weighted by atomic mass is 16.6. The van der Waals surface area contributed by atoms with Crippen molar-refractivity contribution in [3.8, 4) is 0 Å². The van der Waals surface area contributed by atoms with Crippen molar-refractivity contribution in [3.05, 3.63) is 35.5 Å². The van der Waals surface area contributed by atoms with E-state index in [9.17, 15) is 19.5 Å². The summed E-state index contributed by atoms with van der Waals surface area (Å²) in [7, 11) is 0. The van der Waals surface area contributed by atoms with Gasteiger partial charge in [0.2, 0.25) is 0 Å². The average Bonchev–Trinajstić information content (AvgIpc) is 3.28. The van der Waals surface area contributed by atoms with Crippen LogP contribution in [-0.2, 0) is 28.6 Å². The van der Waals surface area contributed by atoms with E-state index in [0.29, 0.717) is 31.4 Å². The first kappa shape index (κ1) is 27.3. The van der Waals surface area contributed by atoms with Crippen molar-refractivity contribution in [2.24, 2.45) is 29.1 Å². The van der Waals surface area contributed by atoms with Gasteiger partial charge in [0, 0.05) is 29.7 Å². The zero-order valence-corrected chi connectivity index (χ0v) is 23.5. The summed E-state index contributed by atoms with van der Waals surface area (Å²) in [5.74, 6) is -0.925. The van der Waals surface area contributed by atoms with E-state index >= 15 is 0 Å². The second-order valence-corrected chi connectivity index (χ2v) is 13.0. The van der Waals surface area contributed by atoms with E-state index in [1.807, 2.05) is 25.2 Å². The van der Waals surface area contributed by atoms with Gasteiger partial charge < -0.3 is 19.3 Å². The third-order valence-corrected chi connectivity index (χ3v) is 10.3. The minimum absolute atomic E-state index is 0.00267. The van der Waals surface area contributed by atoms with Crippen LogP contribution in [0.3, 0.4) is 0 Å². The minimum Gasteiger partial charge on any atom is -0.463 e.